The van der Waals surface area contributed by atoms with Crippen LogP contribution in [0.5, 0.6) is 0 Å². The second-order valence-corrected chi connectivity index (χ2v) is 9.55. The molecule has 5 N–H and O–H groups in total. The SMILES string of the molecule is C=O.CN.CNc1ncnc(NC)c1C(=N)C#Cc1cc(-c2ccc(CN3CCN(C)CC3)c(C(F)(F)F)c2)ccc1C. The fraction of sp³-hybridized carbons (Fsp3) is 0.355. The summed E-state index contributed by atoms with van der Waals surface area (Å²) in [4.78, 5) is 20.6. The lowest BCUT2D eigenvalue weighted by atomic mass is 9.95. The predicted octanol–water partition coefficient (Wildman–Crippen LogP) is 4.11. The molecule has 3 aromatic rings. The molecule has 43 heavy (non-hydrogen) atoms. The Morgan fingerprint density at radius 1 is 1.00 bits per heavy atom. The van der Waals surface area contributed by atoms with Crippen molar-refractivity contribution in [1.29, 1.82) is 5.41 Å². The molecular formula is C31H39F3N8O. The summed E-state index contributed by atoms with van der Waals surface area (Å²) < 4.78 is 42.3. The van der Waals surface area contributed by atoms with Gasteiger partial charge in [0.15, 0.2) is 0 Å². The number of halogens is 3. The van der Waals surface area contributed by atoms with Crippen LogP contribution in [0.15, 0.2) is 42.7 Å². The van der Waals surface area contributed by atoms with E-state index in [2.05, 4.69) is 48.0 Å². The van der Waals surface area contributed by atoms with Crippen LogP contribution in [0.25, 0.3) is 11.1 Å². The van der Waals surface area contributed by atoms with Crippen molar-refractivity contribution >= 4 is 24.1 Å². The molecule has 1 fully saturated rings. The average molecular weight is 597 g/mol. The number of nitrogens with two attached hydrogens (primary N) is 1. The van der Waals surface area contributed by atoms with Crippen molar-refractivity contribution < 1.29 is 18.0 Å². The van der Waals surface area contributed by atoms with Crippen LogP contribution in [0.2, 0.25) is 0 Å². The highest BCUT2D eigenvalue weighted by Gasteiger charge is 2.34. The van der Waals surface area contributed by atoms with E-state index < -0.39 is 11.7 Å². The summed E-state index contributed by atoms with van der Waals surface area (Å²) in [6.45, 7) is 7.31. The Hall–Kier alpha value is -4.31. The molecule has 12 heteroatoms. The number of nitrogens with one attached hydrogen (secondary N) is 3. The van der Waals surface area contributed by atoms with Crippen LogP contribution >= 0.6 is 0 Å². The van der Waals surface area contributed by atoms with Crippen LogP contribution in [-0.2, 0) is 17.5 Å². The quantitative estimate of drug-likeness (QED) is 0.248. The minimum absolute atomic E-state index is 0.0155. The van der Waals surface area contributed by atoms with E-state index in [0.29, 0.717) is 33.9 Å². The lowest BCUT2D eigenvalue weighted by molar-refractivity contribution is -0.138. The normalized spacial score (nSPS) is 13.3. The molecule has 9 nitrogen and oxygen atoms in total. The van der Waals surface area contributed by atoms with Crippen molar-refractivity contribution in [3.05, 3.63) is 70.5 Å². The van der Waals surface area contributed by atoms with Gasteiger partial charge in [-0.1, -0.05) is 30.2 Å². The second kappa shape index (κ2) is 16.4. The summed E-state index contributed by atoms with van der Waals surface area (Å²) in [5.74, 6) is 6.82. The summed E-state index contributed by atoms with van der Waals surface area (Å²) in [7, 11) is 6.92. The minimum Gasteiger partial charge on any atom is -0.372 e. The summed E-state index contributed by atoms with van der Waals surface area (Å²) in [5.41, 5.74) is 7.20. The van der Waals surface area contributed by atoms with Crippen LogP contribution in [-0.4, -0.2) is 86.6 Å². The maximum atomic E-state index is 14.1. The largest absolute Gasteiger partial charge is 0.416 e. The maximum absolute atomic E-state index is 14.1. The molecule has 0 radical (unpaired) electrons. The number of alkyl halides is 3. The molecule has 1 aliphatic heterocycles. The lowest BCUT2D eigenvalue weighted by Crippen LogP contribution is -2.44. The van der Waals surface area contributed by atoms with E-state index in [1.165, 1.54) is 19.4 Å². The number of anilines is 2. The number of hydrogen-bond donors (Lipinski definition) is 4. The molecule has 2 heterocycles. The number of rotatable bonds is 6. The Balaban J connectivity index is 0.00000155. The van der Waals surface area contributed by atoms with Crippen LogP contribution in [0, 0.1) is 24.2 Å². The zero-order chi connectivity index (χ0) is 32.2. The highest BCUT2D eigenvalue weighted by molar-refractivity contribution is 6.16. The number of nitrogens with zero attached hydrogens (tertiary/aromatic N) is 4. The van der Waals surface area contributed by atoms with Gasteiger partial charge in [-0.25, -0.2) is 9.97 Å². The van der Waals surface area contributed by atoms with Gasteiger partial charge in [-0.2, -0.15) is 13.2 Å². The van der Waals surface area contributed by atoms with Crippen molar-refractivity contribution in [3.63, 3.8) is 0 Å². The van der Waals surface area contributed by atoms with Crippen molar-refractivity contribution in [2.24, 2.45) is 5.73 Å². The number of likely N-dealkylation sites (N-methyl/N-ethyl adjacent to an activating group) is 1. The van der Waals surface area contributed by atoms with Crippen LogP contribution < -0.4 is 16.4 Å². The Morgan fingerprint density at radius 3 is 2.12 bits per heavy atom. The van der Waals surface area contributed by atoms with Gasteiger partial charge in [-0.15, -0.1) is 0 Å². The van der Waals surface area contributed by atoms with Gasteiger partial charge in [0, 0.05) is 52.4 Å². The first-order valence-electron chi connectivity index (χ1n) is 13.5. The zero-order valence-electron chi connectivity index (χ0n) is 25.2. The molecule has 1 aliphatic rings. The molecule has 1 saturated heterocycles. The third-order valence-electron chi connectivity index (χ3n) is 6.87. The minimum atomic E-state index is -4.46. The van der Waals surface area contributed by atoms with Gasteiger partial charge in [0.25, 0.3) is 0 Å². The van der Waals surface area contributed by atoms with E-state index in [1.54, 1.807) is 38.4 Å². The molecule has 0 spiro atoms. The molecule has 230 valence electrons. The average Bonchev–Trinajstić information content (AvgIpc) is 3.02. The van der Waals surface area contributed by atoms with Gasteiger partial charge in [-0.05, 0) is 61.3 Å². The Labute approximate surface area is 251 Å². The number of hydrogen-bond acceptors (Lipinski definition) is 9. The van der Waals surface area contributed by atoms with Crippen LogP contribution in [0.4, 0.5) is 24.8 Å². The number of carbonyl (C=O) groups is 1. The fourth-order valence-corrected chi connectivity index (χ4v) is 4.53. The Bertz CT molecular complexity index is 1420. The fourth-order valence-electron chi connectivity index (χ4n) is 4.53. The lowest BCUT2D eigenvalue weighted by Gasteiger charge is -2.33. The first-order valence-corrected chi connectivity index (χ1v) is 13.5. The first kappa shape index (κ1) is 34.9. The molecule has 0 bridgehead atoms. The van der Waals surface area contributed by atoms with Crippen LogP contribution in [0.1, 0.15) is 27.8 Å². The number of aryl methyl sites for hydroxylation is 1. The van der Waals surface area contributed by atoms with E-state index in [0.717, 1.165) is 31.7 Å². The second-order valence-electron chi connectivity index (χ2n) is 9.55. The van der Waals surface area contributed by atoms with E-state index in [9.17, 15) is 13.2 Å². The Morgan fingerprint density at radius 2 is 1.56 bits per heavy atom. The third-order valence-corrected chi connectivity index (χ3v) is 6.87. The number of piperazine rings is 1. The van der Waals surface area contributed by atoms with E-state index in [-0.39, 0.29) is 17.8 Å². The van der Waals surface area contributed by atoms with Gasteiger partial charge in [-0.3, -0.25) is 10.3 Å². The molecule has 4 rings (SSSR count). The van der Waals surface area contributed by atoms with Gasteiger partial charge < -0.3 is 26.1 Å². The molecule has 0 aliphatic carbocycles. The first-order chi connectivity index (χ1) is 20.6. The van der Waals surface area contributed by atoms with Gasteiger partial charge >= 0.3 is 6.18 Å². The topological polar surface area (TPSA) is 123 Å². The van der Waals surface area contributed by atoms with E-state index in [4.69, 9.17) is 10.2 Å². The Kier molecular flexibility index (Phi) is 13.3. The highest BCUT2D eigenvalue weighted by atomic mass is 19.4. The van der Waals surface area contributed by atoms with Gasteiger partial charge in [0.05, 0.1) is 11.1 Å². The summed E-state index contributed by atoms with van der Waals surface area (Å²) >= 11 is 0. The molecule has 1 aromatic heterocycles. The van der Waals surface area contributed by atoms with Crippen molar-refractivity contribution in [1.82, 2.24) is 19.8 Å². The van der Waals surface area contributed by atoms with E-state index >= 15 is 0 Å². The smallest absolute Gasteiger partial charge is 0.372 e. The molecule has 2 aromatic carbocycles. The highest BCUT2D eigenvalue weighted by Crippen LogP contribution is 2.36. The van der Waals surface area contributed by atoms with Crippen molar-refractivity contribution in [3.8, 4) is 23.0 Å². The van der Waals surface area contributed by atoms with E-state index in [1.807, 2.05) is 26.8 Å². The number of carbonyl (C=O) groups excluding carboxylic acids is 1. The van der Waals surface area contributed by atoms with Crippen LogP contribution in [0.3, 0.4) is 0 Å². The molecule has 0 amide bonds. The third kappa shape index (κ3) is 9.09. The zero-order valence-corrected chi connectivity index (χ0v) is 25.2. The monoisotopic (exact) mass is 596 g/mol. The van der Waals surface area contributed by atoms with Gasteiger partial charge in [0.2, 0.25) is 0 Å². The number of aromatic nitrogens is 2. The van der Waals surface area contributed by atoms with Crippen molar-refractivity contribution in [2.45, 2.75) is 19.6 Å². The summed E-state index contributed by atoms with van der Waals surface area (Å²) in [6, 6.07) is 9.96. The predicted molar refractivity (Wildman–Crippen MR) is 166 cm³/mol. The standard InChI is InChI=1S/C29H32F3N7.CH5N.CH2O/c1-19-5-6-21(15-20(19)9-10-25(33)26-27(34-2)36-18-37-28(26)35-3)22-7-8-23(24(16-22)29(30,31)32)17-39-13-11-38(4)12-14-39;2*1-2/h5-8,15-16,18,33H,11-14,17H2,1-4H3,(H2,34,35,36,37);2H2,1H3;1H2. The molecule has 0 atom stereocenters. The summed E-state index contributed by atoms with van der Waals surface area (Å²) in [6.07, 6.45) is -3.07. The maximum Gasteiger partial charge on any atom is 0.416 e. The molecule has 0 saturated carbocycles. The summed E-state index contributed by atoms with van der Waals surface area (Å²) in [5, 5.41) is 14.4. The molecular weight excluding hydrogens is 557 g/mol. The number of benzene rings is 2. The molecule has 0 unspecified atom stereocenters. The van der Waals surface area contributed by atoms with Crippen molar-refractivity contribution in [2.75, 3.05) is 65.0 Å². The van der Waals surface area contributed by atoms with Gasteiger partial charge in [0.1, 0.15) is 30.5 Å².